The fraction of sp³-hybridized carbons (Fsp3) is 0.667. The molecule has 2 rings (SSSR count). The fourth-order valence-corrected chi connectivity index (χ4v) is 3.46. The summed E-state index contributed by atoms with van der Waals surface area (Å²) in [5.74, 6) is 2.68. The Labute approximate surface area is 123 Å². The molecule has 0 heterocycles. The highest BCUT2D eigenvalue weighted by atomic mass is 16.5. The molecule has 0 bridgehead atoms. The SMILES string of the molecule is CCCNCC1(c2ccccc2OC)CC(C(C)C)C1. The first-order chi connectivity index (χ1) is 9.63. The number of rotatable bonds is 7. The standard InChI is InChI=1S/C18H29NO/c1-5-10-19-13-18(11-15(12-18)14(2)3)16-8-6-7-9-17(16)20-4/h6-9,14-15,19H,5,10-13H2,1-4H3. The zero-order valence-corrected chi connectivity index (χ0v) is 13.4. The third kappa shape index (κ3) is 3.01. The average Bonchev–Trinajstić information content (AvgIpc) is 2.41. The van der Waals surface area contributed by atoms with Crippen LogP contribution in [0.1, 0.15) is 45.6 Å². The van der Waals surface area contributed by atoms with Gasteiger partial charge >= 0.3 is 0 Å². The molecule has 2 nitrogen and oxygen atoms in total. The van der Waals surface area contributed by atoms with Crippen molar-refractivity contribution in [3.8, 4) is 5.75 Å². The molecule has 0 aliphatic heterocycles. The molecule has 1 aliphatic carbocycles. The van der Waals surface area contributed by atoms with Crippen LogP contribution in [0.3, 0.4) is 0 Å². The van der Waals surface area contributed by atoms with E-state index >= 15 is 0 Å². The van der Waals surface area contributed by atoms with Gasteiger partial charge in [-0.1, -0.05) is 39.0 Å². The van der Waals surface area contributed by atoms with Crippen molar-refractivity contribution in [3.63, 3.8) is 0 Å². The van der Waals surface area contributed by atoms with Crippen molar-refractivity contribution in [3.05, 3.63) is 29.8 Å². The van der Waals surface area contributed by atoms with E-state index in [0.29, 0.717) is 0 Å². The molecule has 1 aliphatic rings. The molecule has 0 saturated heterocycles. The van der Waals surface area contributed by atoms with E-state index < -0.39 is 0 Å². The van der Waals surface area contributed by atoms with Gasteiger partial charge in [-0.05, 0) is 43.7 Å². The van der Waals surface area contributed by atoms with Gasteiger partial charge in [0.2, 0.25) is 0 Å². The summed E-state index contributed by atoms with van der Waals surface area (Å²) in [7, 11) is 1.78. The third-order valence-corrected chi connectivity index (χ3v) is 4.82. The van der Waals surface area contributed by atoms with E-state index in [1.165, 1.54) is 24.8 Å². The molecule has 20 heavy (non-hydrogen) atoms. The summed E-state index contributed by atoms with van der Waals surface area (Å²) in [6.45, 7) is 9.08. The Kier molecular flexibility index (Phi) is 5.09. The second-order valence-electron chi connectivity index (χ2n) is 6.57. The summed E-state index contributed by atoms with van der Waals surface area (Å²) in [6, 6.07) is 8.55. The minimum absolute atomic E-state index is 0.275. The smallest absolute Gasteiger partial charge is 0.122 e. The van der Waals surface area contributed by atoms with Crippen molar-refractivity contribution in [2.45, 2.75) is 45.4 Å². The van der Waals surface area contributed by atoms with E-state index in [1.807, 2.05) is 0 Å². The quantitative estimate of drug-likeness (QED) is 0.759. The molecular weight excluding hydrogens is 246 g/mol. The minimum atomic E-state index is 0.275. The highest BCUT2D eigenvalue weighted by molar-refractivity contribution is 5.42. The molecule has 0 spiro atoms. The van der Waals surface area contributed by atoms with Crippen molar-refractivity contribution >= 4 is 0 Å². The minimum Gasteiger partial charge on any atom is -0.496 e. The molecule has 0 unspecified atom stereocenters. The number of para-hydroxylation sites is 1. The van der Waals surface area contributed by atoms with E-state index in [9.17, 15) is 0 Å². The molecule has 2 heteroatoms. The Morgan fingerprint density at radius 2 is 2.00 bits per heavy atom. The Bertz CT molecular complexity index is 421. The third-order valence-electron chi connectivity index (χ3n) is 4.82. The molecule has 0 radical (unpaired) electrons. The maximum Gasteiger partial charge on any atom is 0.122 e. The summed E-state index contributed by atoms with van der Waals surface area (Å²) >= 11 is 0. The second kappa shape index (κ2) is 6.62. The van der Waals surface area contributed by atoms with Gasteiger partial charge in [0.1, 0.15) is 5.75 Å². The van der Waals surface area contributed by atoms with Crippen LogP contribution in [0, 0.1) is 11.8 Å². The molecule has 1 aromatic carbocycles. The molecule has 112 valence electrons. The van der Waals surface area contributed by atoms with Gasteiger partial charge in [0.25, 0.3) is 0 Å². The molecule has 0 atom stereocenters. The zero-order valence-electron chi connectivity index (χ0n) is 13.4. The molecular formula is C18H29NO. The van der Waals surface area contributed by atoms with E-state index in [4.69, 9.17) is 4.74 Å². The molecule has 1 saturated carbocycles. The van der Waals surface area contributed by atoms with Crippen LogP contribution in [0.5, 0.6) is 5.75 Å². The first-order valence-electron chi connectivity index (χ1n) is 7.97. The van der Waals surface area contributed by atoms with Crippen LogP contribution in [0.2, 0.25) is 0 Å². The Morgan fingerprint density at radius 3 is 2.60 bits per heavy atom. The number of hydrogen-bond donors (Lipinski definition) is 1. The van der Waals surface area contributed by atoms with Gasteiger partial charge in [-0.25, -0.2) is 0 Å². The molecule has 1 aromatic rings. The van der Waals surface area contributed by atoms with Gasteiger partial charge in [0.05, 0.1) is 7.11 Å². The summed E-state index contributed by atoms with van der Waals surface area (Å²) in [5, 5.41) is 3.63. The van der Waals surface area contributed by atoms with Crippen molar-refractivity contribution in [1.29, 1.82) is 0 Å². The lowest BCUT2D eigenvalue weighted by Gasteiger charge is -2.50. The van der Waals surface area contributed by atoms with E-state index in [1.54, 1.807) is 7.11 Å². The second-order valence-corrected chi connectivity index (χ2v) is 6.57. The van der Waals surface area contributed by atoms with Crippen molar-refractivity contribution < 1.29 is 4.74 Å². The van der Waals surface area contributed by atoms with Crippen LogP contribution in [-0.4, -0.2) is 20.2 Å². The average molecular weight is 275 g/mol. The predicted molar refractivity (Wildman–Crippen MR) is 85.4 cm³/mol. The largest absolute Gasteiger partial charge is 0.496 e. The summed E-state index contributed by atoms with van der Waals surface area (Å²) in [5.41, 5.74) is 1.67. The number of benzene rings is 1. The van der Waals surface area contributed by atoms with Crippen LogP contribution in [0.4, 0.5) is 0 Å². The Morgan fingerprint density at radius 1 is 1.30 bits per heavy atom. The fourth-order valence-electron chi connectivity index (χ4n) is 3.46. The Hall–Kier alpha value is -1.02. The first kappa shape index (κ1) is 15.4. The normalized spacial score (nSPS) is 25.6. The first-order valence-corrected chi connectivity index (χ1v) is 7.97. The highest BCUT2D eigenvalue weighted by Crippen LogP contribution is 2.52. The van der Waals surface area contributed by atoms with Crippen LogP contribution in [-0.2, 0) is 5.41 Å². The lowest BCUT2D eigenvalue weighted by Crippen LogP contribution is -2.50. The van der Waals surface area contributed by atoms with Crippen molar-refractivity contribution in [1.82, 2.24) is 5.32 Å². The topological polar surface area (TPSA) is 21.3 Å². The van der Waals surface area contributed by atoms with E-state index in [0.717, 1.165) is 30.7 Å². The van der Waals surface area contributed by atoms with Gasteiger partial charge in [0.15, 0.2) is 0 Å². The molecule has 1 N–H and O–H groups in total. The van der Waals surface area contributed by atoms with E-state index in [-0.39, 0.29) is 5.41 Å². The lowest BCUT2D eigenvalue weighted by atomic mass is 9.55. The van der Waals surface area contributed by atoms with Crippen LogP contribution < -0.4 is 10.1 Å². The number of nitrogens with one attached hydrogen (secondary N) is 1. The van der Waals surface area contributed by atoms with Gasteiger partial charge in [0, 0.05) is 17.5 Å². The van der Waals surface area contributed by atoms with Crippen molar-refractivity contribution in [2.75, 3.05) is 20.2 Å². The maximum atomic E-state index is 5.60. The van der Waals surface area contributed by atoms with Gasteiger partial charge in [-0.15, -0.1) is 0 Å². The van der Waals surface area contributed by atoms with Crippen molar-refractivity contribution in [2.24, 2.45) is 11.8 Å². The summed E-state index contributed by atoms with van der Waals surface area (Å²) in [6.07, 6.45) is 3.75. The highest BCUT2D eigenvalue weighted by Gasteiger charge is 2.47. The van der Waals surface area contributed by atoms with Crippen LogP contribution >= 0.6 is 0 Å². The van der Waals surface area contributed by atoms with Crippen LogP contribution in [0.25, 0.3) is 0 Å². The predicted octanol–water partition coefficient (Wildman–Crippen LogP) is 4.00. The number of hydrogen-bond acceptors (Lipinski definition) is 2. The number of methoxy groups -OCH3 is 1. The van der Waals surface area contributed by atoms with Gasteiger partial charge < -0.3 is 10.1 Å². The summed E-state index contributed by atoms with van der Waals surface area (Å²) < 4.78 is 5.60. The summed E-state index contributed by atoms with van der Waals surface area (Å²) in [4.78, 5) is 0. The molecule has 1 fully saturated rings. The zero-order chi connectivity index (χ0) is 14.6. The van der Waals surface area contributed by atoms with Crippen LogP contribution in [0.15, 0.2) is 24.3 Å². The van der Waals surface area contributed by atoms with Gasteiger partial charge in [-0.2, -0.15) is 0 Å². The number of ether oxygens (including phenoxy) is 1. The lowest BCUT2D eigenvalue weighted by molar-refractivity contribution is 0.0954. The maximum absolute atomic E-state index is 5.60. The Balaban J connectivity index is 2.19. The molecule has 0 amide bonds. The molecule has 0 aromatic heterocycles. The van der Waals surface area contributed by atoms with Gasteiger partial charge in [-0.3, -0.25) is 0 Å². The monoisotopic (exact) mass is 275 g/mol. The van der Waals surface area contributed by atoms with E-state index in [2.05, 4.69) is 50.4 Å².